The minimum atomic E-state index is -0.339. The van der Waals surface area contributed by atoms with Crippen LogP contribution in [-0.2, 0) is 30.3 Å². The monoisotopic (exact) mass is 320 g/mol. The first-order valence-corrected chi connectivity index (χ1v) is 7.26. The SMILES string of the molecule is O=CCCNC(=O)CCc1ccc(NC(=O)COCC=O)cc1. The van der Waals surface area contributed by atoms with Gasteiger partial charge in [0.25, 0.3) is 0 Å². The molecule has 2 N–H and O–H groups in total. The lowest BCUT2D eigenvalue weighted by atomic mass is 10.1. The Labute approximate surface area is 134 Å². The summed E-state index contributed by atoms with van der Waals surface area (Å²) >= 11 is 0. The van der Waals surface area contributed by atoms with Crippen LogP contribution in [0.4, 0.5) is 5.69 Å². The third-order valence-corrected chi connectivity index (χ3v) is 2.88. The van der Waals surface area contributed by atoms with E-state index >= 15 is 0 Å². The Kier molecular flexibility index (Phi) is 8.92. The van der Waals surface area contributed by atoms with Crippen molar-refractivity contribution in [3.63, 3.8) is 0 Å². The van der Waals surface area contributed by atoms with Gasteiger partial charge in [0.15, 0.2) is 0 Å². The van der Waals surface area contributed by atoms with Crippen molar-refractivity contribution >= 4 is 30.1 Å². The van der Waals surface area contributed by atoms with Gasteiger partial charge in [-0.1, -0.05) is 12.1 Å². The lowest BCUT2D eigenvalue weighted by molar-refractivity contribution is -0.123. The predicted octanol–water partition coefficient (Wildman–Crippen LogP) is 0.478. The molecule has 0 aliphatic carbocycles. The maximum Gasteiger partial charge on any atom is 0.250 e. The van der Waals surface area contributed by atoms with Crippen molar-refractivity contribution in [3.05, 3.63) is 29.8 Å². The van der Waals surface area contributed by atoms with Crippen LogP contribution in [0.25, 0.3) is 0 Å². The molecule has 0 fully saturated rings. The van der Waals surface area contributed by atoms with Crippen LogP contribution in [-0.4, -0.2) is 44.1 Å². The molecule has 0 atom stereocenters. The smallest absolute Gasteiger partial charge is 0.250 e. The zero-order valence-corrected chi connectivity index (χ0v) is 12.7. The summed E-state index contributed by atoms with van der Waals surface area (Å²) in [6.07, 6.45) is 2.57. The number of carbonyl (C=O) groups excluding carboxylic acids is 4. The van der Waals surface area contributed by atoms with Gasteiger partial charge in [0.2, 0.25) is 11.8 Å². The highest BCUT2D eigenvalue weighted by atomic mass is 16.5. The highest BCUT2D eigenvalue weighted by Crippen LogP contribution is 2.11. The van der Waals surface area contributed by atoms with Crippen LogP contribution in [0.2, 0.25) is 0 Å². The minimum absolute atomic E-state index is 0.100. The molecule has 0 aliphatic heterocycles. The second kappa shape index (κ2) is 11.1. The normalized spacial score (nSPS) is 9.91. The van der Waals surface area contributed by atoms with Crippen LogP contribution >= 0.6 is 0 Å². The fraction of sp³-hybridized carbons (Fsp3) is 0.375. The second-order valence-corrected chi connectivity index (χ2v) is 4.73. The molecule has 0 heterocycles. The van der Waals surface area contributed by atoms with E-state index in [4.69, 9.17) is 4.74 Å². The lowest BCUT2D eigenvalue weighted by Crippen LogP contribution is -2.24. The molecule has 0 saturated heterocycles. The summed E-state index contributed by atoms with van der Waals surface area (Å²) in [5, 5.41) is 5.28. The first-order chi connectivity index (χ1) is 11.2. The second-order valence-electron chi connectivity index (χ2n) is 4.73. The third kappa shape index (κ3) is 8.47. The minimum Gasteiger partial charge on any atom is -0.364 e. The number of aldehydes is 2. The van der Waals surface area contributed by atoms with Crippen LogP contribution < -0.4 is 10.6 Å². The molecule has 0 unspecified atom stereocenters. The molecule has 2 amide bonds. The largest absolute Gasteiger partial charge is 0.364 e. The highest BCUT2D eigenvalue weighted by molar-refractivity contribution is 5.91. The van der Waals surface area contributed by atoms with Gasteiger partial charge in [-0.25, -0.2) is 0 Å². The zero-order valence-electron chi connectivity index (χ0n) is 12.7. The lowest BCUT2D eigenvalue weighted by Gasteiger charge is -2.07. The maximum atomic E-state index is 11.5. The standard InChI is InChI=1S/C16H20N2O5/c19-9-1-8-17-15(21)7-4-13-2-5-14(6-3-13)18-16(22)12-23-11-10-20/h2-3,5-6,9-10H,1,4,7-8,11-12H2,(H,17,21)(H,18,22). The summed E-state index contributed by atoms with van der Waals surface area (Å²) in [5.74, 6) is -0.439. The van der Waals surface area contributed by atoms with Crippen molar-refractivity contribution in [2.45, 2.75) is 19.3 Å². The van der Waals surface area contributed by atoms with Crippen LogP contribution in [0.5, 0.6) is 0 Å². The number of anilines is 1. The number of benzene rings is 1. The number of rotatable bonds is 11. The van der Waals surface area contributed by atoms with Crippen molar-refractivity contribution in [3.8, 4) is 0 Å². The molecular weight excluding hydrogens is 300 g/mol. The molecular formula is C16H20N2O5. The summed E-state index contributed by atoms with van der Waals surface area (Å²) in [7, 11) is 0. The van der Waals surface area contributed by atoms with E-state index in [0.717, 1.165) is 11.8 Å². The molecule has 0 aromatic heterocycles. The summed E-state index contributed by atoms with van der Waals surface area (Å²) in [6, 6.07) is 7.11. The quantitative estimate of drug-likeness (QED) is 0.456. The summed E-state index contributed by atoms with van der Waals surface area (Å²) in [6.45, 7) is 0.0716. The van der Waals surface area contributed by atoms with Gasteiger partial charge in [0.05, 0.1) is 0 Å². The van der Waals surface area contributed by atoms with Gasteiger partial charge in [0.1, 0.15) is 25.8 Å². The molecule has 0 saturated carbocycles. The Morgan fingerprint density at radius 2 is 1.78 bits per heavy atom. The molecule has 1 aromatic rings. The average Bonchev–Trinajstić information content (AvgIpc) is 2.55. The van der Waals surface area contributed by atoms with E-state index in [0.29, 0.717) is 37.8 Å². The Morgan fingerprint density at radius 3 is 2.43 bits per heavy atom. The van der Waals surface area contributed by atoms with Crippen molar-refractivity contribution in [1.82, 2.24) is 5.32 Å². The predicted molar refractivity (Wildman–Crippen MR) is 84.0 cm³/mol. The zero-order chi connectivity index (χ0) is 16.9. The molecule has 0 aliphatic rings. The fourth-order valence-electron chi connectivity index (χ4n) is 1.77. The van der Waals surface area contributed by atoms with E-state index < -0.39 is 0 Å². The molecule has 1 aromatic carbocycles. The van der Waals surface area contributed by atoms with Gasteiger partial charge in [-0.2, -0.15) is 0 Å². The van der Waals surface area contributed by atoms with Crippen molar-refractivity contribution < 1.29 is 23.9 Å². The number of amides is 2. The molecule has 7 nitrogen and oxygen atoms in total. The van der Waals surface area contributed by atoms with E-state index in [2.05, 4.69) is 10.6 Å². The Hall–Kier alpha value is -2.54. The van der Waals surface area contributed by atoms with Gasteiger partial charge in [-0.15, -0.1) is 0 Å². The number of carbonyl (C=O) groups is 4. The van der Waals surface area contributed by atoms with E-state index in [-0.39, 0.29) is 25.0 Å². The van der Waals surface area contributed by atoms with Crippen LogP contribution in [0, 0.1) is 0 Å². The van der Waals surface area contributed by atoms with E-state index in [1.54, 1.807) is 12.1 Å². The first-order valence-electron chi connectivity index (χ1n) is 7.26. The Balaban J connectivity index is 2.32. The van der Waals surface area contributed by atoms with Crippen molar-refractivity contribution in [2.75, 3.05) is 25.1 Å². The third-order valence-electron chi connectivity index (χ3n) is 2.88. The number of aryl methyl sites for hydroxylation is 1. The first kappa shape index (κ1) is 18.5. The average molecular weight is 320 g/mol. The molecule has 1 rings (SSSR count). The Morgan fingerprint density at radius 1 is 1.04 bits per heavy atom. The van der Waals surface area contributed by atoms with Crippen molar-refractivity contribution in [2.24, 2.45) is 0 Å². The van der Waals surface area contributed by atoms with E-state index in [1.165, 1.54) is 0 Å². The van der Waals surface area contributed by atoms with Crippen LogP contribution in [0.15, 0.2) is 24.3 Å². The number of hydrogen-bond acceptors (Lipinski definition) is 5. The van der Waals surface area contributed by atoms with Crippen LogP contribution in [0.3, 0.4) is 0 Å². The number of nitrogens with one attached hydrogen (secondary N) is 2. The van der Waals surface area contributed by atoms with E-state index in [9.17, 15) is 19.2 Å². The van der Waals surface area contributed by atoms with Gasteiger partial charge < -0.3 is 25.0 Å². The molecule has 0 bridgehead atoms. The number of ether oxygens (including phenoxy) is 1. The van der Waals surface area contributed by atoms with Gasteiger partial charge >= 0.3 is 0 Å². The van der Waals surface area contributed by atoms with E-state index in [1.807, 2.05) is 12.1 Å². The topological polar surface area (TPSA) is 102 Å². The van der Waals surface area contributed by atoms with Crippen LogP contribution in [0.1, 0.15) is 18.4 Å². The fourth-order valence-corrected chi connectivity index (χ4v) is 1.77. The van der Waals surface area contributed by atoms with Gasteiger partial charge in [-0.05, 0) is 24.1 Å². The Bertz CT molecular complexity index is 528. The molecule has 23 heavy (non-hydrogen) atoms. The molecule has 124 valence electrons. The van der Waals surface area contributed by atoms with Gasteiger partial charge in [-0.3, -0.25) is 9.59 Å². The summed E-state index contributed by atoms with van der Waals surface area (Å²) in [5.41, 5.74) is 1.58. The molecule has 0 spiro atoms. The van der Waals surface area contributed by atoms with Crippen molar-refractivity contribution in [1.29, 1.82) is 0 Å². The molecule has 7 heteroatoms. The summed E-state index contributed by atoms with van der Waals surface area (Å²) in [4.78, 5) is 43.2. The summed E-state index contributed by atoms with van der Waals surface area (Å²) < 4.78 is 4.80. The highest BCUT2D eigenvalue weighted by Gasteiger charge is 2.04. The van der Waals surface area contributed by atoms with Gasteiger partial charge in [0, 0.05) is 25.1 Å². The maximum absolute atomic E-state index is 11.5. The molecule has 0 radical (unpaired) electrons. The number of hydrogen-bond donors (Lipinski definition) is 2.